The van der Waals surface area contributed by atoms with E-state index in [0.29, 0.717) is 35.2 Å². The summed E-state index contributed by atoms with van der Waals surface area (Å²) in [5, 5.41) is 16.5. The Morgan fingerprint density at radius 2 is 1.76 bits per heavy atom. The van der Waals surface area contributed by atoms with Gasteiger partial charge in [-0.2, -0.15) is 9.57 Å². The first-order valence-corrected chi connectivity index (χ1v) is 18.1. The van der Waals surface area contributed by atoms with Crippen LogP contribution in [0.4, 0.5) is 10.5 Å². The number of ether oxygens (including phenoxy) is 4. The molecule has 2 aromatic carbocycles. The van der Waals surface area contributed by atoms with Crippen molar-refractivity contribution in [3.05, 3.63) is 71.4 Å². The second kappa shape index (κ2) is 13.6. The number of sulfonamides is 1. The Kier molecular flexibility index (Phi) is 9.23. The third-order valence-corrected chi connectivity index (χ3v) is 11.8. The van der Waals surface area contributed by atoms with Gasteiger partial charge in [0.15, 0.2) is 5.54 Å². The van der Waals surface area contributed by atoms with Gasteiger partial charge < -0.3 is 34.5 Å². The van der Waals surface area contributed by atoms with E-state index in [1.54, 1.807) is 17.0 Å². The number of aromatic nitrogens is 1. The number of methoxy groups -OCH3 is 3. The molecule has 1 atom stereocenters. The molecular weight excluding hydrogens is 678 g/mol. The van der Waals surface area contributed by atoms with Gasteiger partial charge in [-0.15, -0.1) is 0 Å². The molecule has 1 unspecified atom stereocenters. The molecule has 4 aliphatic rings. The van der Waals surface area contributed by atoms with Gasteiger partial charge in [0.05, 0.1) is 63.5 Å². The summed E-state index contributed by atoms with van der Waals surface area (Å²) in [7, 11) is -0.590. The number of amides is 3. The first-order chi connectivity index (χ1) is 24.6. The third-order valence-electron chi connectivity index (χ3n) is 10.1. The van der Waals surface area contributed by atoms with Gasteiger partial charge in [0.1, 0.15) is 16.4 Å². The highest BCUT2D eigenvalue weighted by molar-refractivity contribution is 7.93. The van der Waals surface area contributed by atoms with E-state index in [1.165, 1.54) is 63.9 Å². The topological polar surface area (TPSA) is 176 Å². The second-order valence-electron chi connectivity index (χ2n) is 12.9. The lowest BCUT2D eigenvalue weighted by molar-refractivity contribution is -0.121. The van der Waals surface area contributed by atoms with Gasteiger partial charge in [-0.3, -0.25) is 9.69 Å². The molecule has 15 nitrogen and oxygen atoms in total. The summed E-state index contributed by atoms with van der Waals surface area (Å²) in [6.45, 7) is 4.14. The lowest BCUT2D eigenvalue weighted by Crippen LogP contribution is -2.67. The fourth-order valence-electron chi connectivity index (χ4n) is 7.26. The summed E-state index contributed by atoms with van der Waals surface area (Å²) < 4.78 is 51.3. The van der Waals surface area contributed by atoms with Crippen LogP contribution in [-0.2, 0) is 25.1 Å². The SMILES string of the molecule is COc1ccc(S(=O)(=O)N2C(=O)C(NC(=O)N3CC(N4CCC(NC5COC5)CC4)C3)(c3cccnc3OC)c3cc(C#N)ccc32)c(OC)c1. The van der Waals surface area contributed by atoms with E-state index in [0.717, 1.165) is 39.1 Å². The molecule has 2 N–H and O–H groups in total. The number of nitriles is 1. The number of nitrogens with zero attached hydrogens (tertiary/aromatic N) is 5. The molecule has 268 valence electrons. The van der Waals surface area contributed by atoms with Crippen molar-refractivity contribution in [1.29, 1.82) is 5.26 Å². The van der Waals surface area contributed by atoms with Crippen molar-refractivity contribution in [2.75, 3.05) is 65.0 Å². The number of hydrogen-bond donors (Lipinski definition) is 2. The number of benzene rings is 2. The van der Waals surface area contributed by atoms with Crippen LogP contribution in [0, 0.1) is 11.3 Å². The van der Waals surface area contributed by atoms with Crippen LogP contribution in [0.2, 0.25) is 0 Å². The number of urea groups is 1. The summed E-state index contributed by atoms with van der Waals surface area (Å²) in [4.78, 5) is 37.2. The van der Waals surface area contributed by atoms with E-state index >= 15 is 4.79 Å². The number of piperidine rings is 1. The first-order valence-electron chi connectivity index (χ1n) is 16.7. The molecule has 3 aromatic rings. The maximum absolute atomic E-state index is 15.1. The molecule has 1 aromatic heterocycles. The summed E-state index contributed by atoms with van der Waals surface area (Å²) in [6.07, 6.45) is 3.46. The van der Waals surface area contributed by atoms with E-state index in [1.807, 2.05) is 0 Å². The number of nitrogens with one attached hydrogen (secondary N) is 2. The van der Waals surface area contributed by atoms with Gasteiger partial charge in [-0.05, 0) is 55.3 Å². The van der Waals surface area contributed by atoms with Crippen molar-refractivity contribution in [3.63, 3.8) is 0 Å². The Morgan fingerprint density at radius 1 is 1.00 bits per heavy atom. The van der Waals surface area contributed by atoms with Gasteiger partial charge in [0.25, 0.3) is 15.9 Å². The summed E-state index contributed by atoms with van der Waals surface area (Å²) in [6, 6.07) is 13.9. The predicted octanol–water partition coefficient (Wildman–Crippen LogP) is 1.80. The molecular formula is C35H39N7O8S. The summed E-state index contributed by atoms with van der Waals surface area (Å²) in [5.41, 5.74) is -1.87. The minimum Gasteiger partial charge on any atom is -0.497 e. The molecule has 3 saturated heterocycles. The van der Waals surface area contributed by atoms with Gasteiger partial charge >= 0.3 is 6.03 Å². The van der Waals surface area contributed by atoms with E-state index in [-0.39, 0.29) is 44.9 Å². The Labute approximate surface area is 296 Å². The maximum atomic E-state index is 15.1. The van der Waals surface area contributed by atoms with Crippen molar-refractivity contribution in [2.24, 2.45) is 0 Å². The molecule has 4 aliphatic heterocycles. The molecule has 3 fully saturated rings. The Bertz CT molecular complexity index is 1990. The zero-order valence-corrected chi connectivity index (χ0v) is 29.3. The number of carbonyl (C=O) groups is 2. The summed E-state index contributed by atoms with van der Waals surface area (Å²) in [5.74, 6) is -0.723. The smallest absolute Gasteiger partial charge is 0.318 e. The number of carbonyl (C=O) groups excluding carboxylic acids is 2. The molecule has 0 spiro atoms. The minimum atomic E-state index is -4.69. The fraction of sp³-hybridized carbons (Fsp3) is 0.429. The normalized spacial score (nSPS) is 21.3. The van der Waals surface area contributed by atoms with Crippen LogP contribution in [-0.4, -0.2) is 114 Å². The number of pyridine rings is 1. The third kappa shape index (κ3) is 5.89. The van der Waals surface area contributed by atoms with Crippen LogP contribution in [0.1, 0.15) is 29.5 Å². The number of anilines is 1. The Morgan fingerprint density at radius 3 is 2.41 bits per heavy atom. The van der Waals surface area contributed by atoms with Crippen LogP contribution in [0.3, 0.4) is 0 Å². The molecule has 16 heteroatoms. The van der Waals surface area contributed by atoms with Crippen molar-refractivity contribution in [2.45, 2.75) is 41.4 Å². The largest absolute Gasteiger partial charge is 0.497 e. The van der Waals surface area contributed by atoms with Gasteiger partial charge in [-0.1, -0.05) is 0 Å². The van der Waals surface area contributed by atoms with E-state index in [2.05, 4.69) is 26.6 Å². The Hall–Kier alpha value is -4.95. The zero-order chi connectivity index (χ0) is 35.9. The minimum absolute atomic E-state index is 0.00725. The Balaban J connectivity index is 1.23. The quantitative estimate of drug-likeness (QED) is 0.312. The summed E-state index contributed by atoms with van der Waals surface area (Å²) >= 11 is 0. The van der Waals surface area contributed by atoms with Crippen molar-refractivity contribution in [1.82, 2.24) is 25.4 Å². The van der Waals surface area contributed by atoms with Crippen molar-refractivity contribution >= 4 is 27.6 Å². The number of hydrogen-bond acceptors (Lipinski definition) is 12. The number of fused-ring (bicyclic) bond motifs is 1. The lowest BCUT2D eigenvalue weighted by atomic mass is 9.83. The van der Waals surface area contributed by atoms with Gasteiger partial charge in [-0.25, -0.2) is 18.2 Å². The van der Waals surface area contributed by atoms with E-state index in [9.17, 15) is 18.5 Å². The average Bonchev–Trinajstić information content (AvgIpc) is 3.36. The van der Waals surface area contributed by atoms with Gasteiger partial charge in [0, 0.05) is 56.1 Å². The van der Waals surface area contributed by atoms with Crippen LogP contribution in [0.15, 0.2) is 59.6 Å². The fourth-order valence-corrected chi connectivity index (χ4v) is 8.87. The van der Waals surface area contributed by atoms with Crippen molar-refractivity contribution < 1.29 is 37.0 Å². The molecule has 0 bridgehead atoms. The monoisotopic (exact) mass is 717 g/mol. The highest BCUT2D eigenvalue weighted by Crippen LogP contribution is 2.50. The number of likely N-dealkylation sites (tertiary alicyclic amines) is 2. The average molecular weight is 718 g/mol. The van der Waals surface area contributed by atoms with Crippen LogP contribution >= 0.6 is 0 Å². The highest BCUT2D eigenvalue weighted by atomic mass is 32.2. The molecule has 5 heterocycles. The van der Waals surface area contributed by atoms with Crippen LogP contribution in [0.25, 0.3) is 0 Å². The van der Waals surface area contributed by atoms with Gasteiger partial charge in [0.2, 0.25) is 5.88 Å². The highest BCUT2D eigenvalue weighted by Gasteiger charge is 2.59. The second-order valence-corrected chi connectivity index (χ2v) is 14.7. The molecule has 7 rings (SSSR count). The predicted molar refractivity (Wildman–Crippen MR) is 183 cm³/mol. The van der Waals surface area contributed by atoms with E-state index < -0.39 is 27.5 Å². The van der Waals surface area contributed by atoms with Crippen LogP contribution in [0.5, 0.6) is 17.4 Å². The zero-order valence-electron chi connectivity index (χ0n) is 28.5. The maximum Gasteiger partial charge on any atom is 0.318 e. The molecule has 3 amide bonds. The van der Waals surface area contributed by atoms with Crippen molar-refractivity contribution in [3.8, 4) is 23.4 Å². The first kappa shape index (κ1) is 34.5. The van der Waals surface area contributed by atoms with Crippen LogP contribution < -0.4 is 29.1 Å². The number of rotatable bonds is 10. The standard InChI is InChI=1S/C35H39N7O8S/c1-47-26-7-9-31(30(16-26)48-2)51(45,46)42-29-8-6-22(17-36)15-28(29)35(33(42)43,27-5-4-12-37-32(27)49-3)39-34(44)41-18-25(19-41)40-13-10-23(11-14-40)38-24-20-50-21-24/h4-9,12,15-16,23-25,38H,10-11,13-14,18-21H2,1-3H3,(H,39,44). The molecule has 0 saturated carbocycles. The van der Waals surface area contributed by atoms with E-state index in [4.69, 9.17) is 18.9 Å². The molecule has 51 heavy (non-hydrogen) atoms. The molecule has 0 aliphatic carbocycles. The lowest BCUT2D eigenvalue weighted by Gasteiger charge is -2.48. The molecule has 0 radical (unpaired) electrons.